The number of nitrogens with zero attached hydrogens (tertiary/aromatic N) is 1. The highest BCUT2D eigenvalue weighted by molar-refractivity contribution is 9.10. The lowest BCUT2D eigenvalue weighted by molar-refractivity contribution is -0.148. The second-order valence-electron chi connectivity index (χ2n) is 5.18. The van der Waals surface area contributed by atoms with Gasteiger partial charge in [-0.2, -0.15) is 0 Å². The summed E-state index contributed by atoms with van der Waals surface area (Å²) in [5.74, 6) is -0.593. The highest BCUT2D eigenvalue weighted by Gasteiger charge is 2.36. The molecule has 0 saturated carbocycles. The number of hydrogen-bond acceptors (Lipinski definition) is 2. The molecule has 0 aromatic heterocycles. The summed E-state index contributed by atoms with van der Waals surface area (Å²) in [6, 6.07) is 4.11. The van der Waals surface area contributed by atoms with Crippen molar-refractivity contribution in [1.29, 1.82) is 0 Å². The van der Waals surface area contributed by atoms with Gasteiger partial charge in [0, 0.05) is 6.54 Å². The lowest BCUT2D eigenvalue weighted by Crippen LogP contribution is -2.59. The normalized spacial score (nSPS) is 19.4. The summed E-state index contributed by atoms with van der Waals surface area (Å²) in [4.78, 5) is 25.5. The number of benzene rings is 1. The average molecular weight is 343 g/mol. The molecule has 1 heterocycles. The van der Waals surface area contributed by atoms with E-state index < -0.39 is 6.04 Å². The molecule has 0 aliphatic carbocycles. The number of carbonyl (C=O) groups excluding carboxylic acids is 2. The molecule has 20 heavy (non-hydrogen) atoms. The van der Waals surface area contributed by atoms with Crippen LogP contribution in [-0.2, 0) is 16.1 Å². The van der Waals surface area contributed by atoms with Crippen LogP contribution in [0.1, 0.15) is 19.4 Å². The van der Waals surface area contributed by atoms with Crippen LogP contribution >= 0.6 is 15.9 Å². The second kappa shape index (κ2) is 5.91. The number of rotatable bonds is 3. The summed E-state index contributed by atoms with van der Waals surface area (Å²) < 4.78 is 13.6. The molecule has 108 valence electrons. The quantitative estimate of drug-likeness (QED) is 0.914. The maximum absolute atomic E-state index is 13.2. The largest absolute Gasteiger partial charge is 0.345 e. The van der Waals surface area contributed by atoms with Crippen molar-refractivity contribution < 1.29 is 14.0 Å². The van der Waals surface area contributed by atoms with E-state index >= 15 is 0 Å². The standard InChI is InChI=1S/C14H16BrFN2O2/c1-8(2)13-14(20)17-6-12(19)18(13)7-9-3-4-11(16)10(15)5-9/h3-5,8,13H,6-7H2,1-2H3,(H,17,20). The fourth-order valence-corrected chi connectivity index (χ4v) is 2.78. The summed E-state index contributed by atoms with van der Waals surface area (Å²) in [7, 11) is 0. The molecule has 4 nitrogen and oxygen atoms in total. The molecule has 1 aliphatic heterocycles. The van der Waals surface area contributed by atoms with E-state index in [1.165, 1.54) is 6.07 Å². The Bertz CT molecular complexity index is 548. The van der Waals surface area contributed by atoms with Crippen molar-refractivity contribution in [2.45, 2.75) is 26.4 Å². The summed E-state index contributed by atoms with van der Waals surface area (Å²) in [6.45, 7) is 4.12. The van der Waals surface area contributed by atoms with E-state index in [0.29, 0.717) is 11.0 Å². The highest BCUT2D eigenvalue weighted by atomic mass is 79.9. The first-order valence-corrected chi connectivity index (χ1v) is 7.20. The molecular formula is C14H16BrFN2O2. The summed E-state index contributed by atoms with van der Waals surface area (Å²) >= 11 is 3.12. The van der Waals surface area contributed by atoms with Gasteiger partial charge in [0.05, 0.1) is 11.0 Å². The zero-order valence-electron chi connectivity index (χ0n) is 11.3. The average Bonchev–Trinajstić information content (AvgIpc) is 2.38. The second-order valence-corrected chi connectivity index (χ2v) is 6.03. The molecule has 0 bridgehead atoms. The molecule has 0 spiro atoms. The van der Waals surface area contributed by atoms with Gasteiger partial charge >= 0.3 is 0 Å². The van der Waals surface area contributed by atoms with Crippen LogP contribution in [0.15, 0.2) is 22.7 Å². The van der Waals surface area contributed by atoms with Gasteiger partial charge in [-0.05, 0) is 39.5 Å². The minimum Gasteiger partial charge on any atom is -0.345 e. The molecule has 1 unspecified atom stereocenters. The molecule has 2 amide bonds. The van der Waals surface area contributed by atoms with Crippen LogP contribution in [0.5, 0.6) is 0 Å². The SMILES string of the molecule is CC(C)C1C(=O)NCC(=O)N1Cc1ccc(F)c(Br)c1. The molecule has 1 aromatic rings. The van der Waals surface area contributed by atoms with Crippen molar-refractivity contribution in [2.24, 2.45) is 5.92 Å². The van der Waals surface area contributed by atoms with Crippen LogP contribution in [0.3, 0.4) is 0 Å². The molecule has 6 heteroatoms. The van der Waals surface area contributed by atoms with Crippen LogP contribution in [0, 0.1) is 11.7 Å². The molecular weight excluding hydrogens is 327 g/mol. The zero-order valence-corrected chi connectivity index (χ0v) is 12.9. The number of hydrogen-bond donors (Lipinski definition) is 1. The molecule has 0 radical (unpaired) electrons. The van der Waals surface area contributed by atoms with Crippen molar-refractivity contribution in [1.82, 2.24) is 10.2 Å². The smallest absolute Gasteiger partial charge is 0.243 e. The maximum atomic E-state index is 13.2. The van der Waals surface area contributed by atoms with E-state index in [-0.39, 0.29) is 30.1 Å². The lowest BCUT2D eigenvalue weighted by atomic mass is 9.98. The Kier molecular flexibility index (Phi) is 4.42. The van der Waals surface area contributed by atoms with Crippen LogP contribution in [0.2, 0.25) is 0 Å². The first-order valence-electron chi connectivity index (χ1n) is 6.41. The van der Waals surface area contributed by atoms with Crippen molar-refractivity contribution in [3.05, 3.63) is 34.1 Å². The van der Waals surface area contributed by atoms with Gasteiger partial charge in [-0.25, -0.2) is 4.39 Å². The van der Waals surface area contributed by atoms with E-state index in [9.17, 15) is 14.0 Å². The van der Waals surface area contributed by atoms with Crippen LogP contribution in [0.25, 0.3) is 0 Å². The van der Waals surface area contributed by atoms with Gasteiger partial charge in [-0.3, -0.25) is 9.59 Å². The predicted octanol–water partition coefficient (Wildman–Crippen LogP) is 2.07. The Balaban J connectivity index is 2.25. The number of nitrogens with one attached hydrogen (secondary N) is 1. The zero-order chi connectivity index (χ0) is 14.9. The number of halogens is 2. The van der Waals surface area contributed by atoms with Crippen LogP contribution in [-0.4, -0.2) is 29.3 Å². The fraction of sp³-hybridized carbons (Fsp3) is 0.429. The number of piperazine rings is 1. The topological polar surface area (TPSA) is 49.4 Å². The Hall–Kier alpha value is -1.43. The van der Waals surface area contributed by atoms with Crippen LogP contribution < -0.4 is 5.32 Å². The Morgan fingerprint density at radius 3 is 2.75 bits per heavy atom. The van der Waals surface area contributed by atoms with Gasteiger partial charge in [0.15, 0.2) is 0 Å². The van der Waals surface area contributed by atoms with Crippen molar-refractivity contribution in [3.8, 4) is 0 Å². The summed E-state index contributed by atoms with van der Waals surface area (Å²) in [5, 5.41) is 2.60. The Labute approximate surface area is 125 Å². The van der Waals surface area contributed by atoms with E-state index in [1.807, 2.05) is 13.8 Å². The van der Waals surface area contributed by atoms with Gasteiger partial charge in [0.2, 0.25) is 11.8 Å². The van der Waals surface area contributed by atoms with Gasteiger partial charge in [0.1, 0.15) is 11.9 Å². The maximum Gasteiger partial charge on any atom is 0.243 e. The summed E-state index contributed by atoms with van der Waals surface area (Å²) in [6.07, 6.45) is 0. The van der Waals surface area contributed by atoms with E-state index in [1.54, 1.807) is 17.0 Å². The molecule has 2 rings (SSSR count). The third-order valence-corrected chi connectivity index (χ3v) is 3.91. The molecule has 1 N–H and O–H groups in total. The van der Waals surface area contributed by atoms with E-state index in [0.717, 1.165) is 5.56 Å². The van der Waals surface area contributed by atoms with Crippen LogP contribution in [0.4, 0.5) is 4.39 Å². The van der Waals surface area contributed by atoms with Gasteiger partial charge in [-0.15, -0.1) is 0 Å². The fourth-order valence-electron chi connectivity index (χ4n) is 2.35. The number of carbonyl (C=O) groups is 2. The highest BCUT2D eigenvalue weighted by Crippen LogP contribution is 2.21. The Morgan fingerprint density at radius 1 is 1.45 bits per heavy atom. The van der Waals surface area contributed by atoms with Crippen molar-refractivity contribution >= 4 is 27.7 Å². The molecule has 1 aromatic carbocycles. The van der Waals surface area contributed by atoms with Gasteiger partial charge < -0.3 is 10.2 Å². The first kappa shape index (κ1) is 15.0. The predicted molar refractivity (Wildman–Crippen MR) is 76.3 cm³/mol. The molecule has 1 fully saturated rings. The molecule has 1 saturated heterocycles. The third-order valence-electron chi connectivity index (χ3n) is 3.31. The van der Waals surface area contributed by atoms with E-state index in [2.05, 4.69) is 21.2 Å². The summed E-state index contributed by atoms with van der Waals surface area (Å²) in [5.41, 5.74) is 0.784. The molecule has 1 atom stereocenters. The Morgan fingerprint density at radius 2 is 2.15 bits per heavy atom. The first-order chi connectivity index (χ1) is 9.40. The number of amides is 2. The van der Waals surface area contributed by atoms with Crippen molar-refractivity contribution in [2.75, 3.05) is 6.54 Å². The van der Waals surface area contributed by atoms with E-state index in [4.69, 9.17) is 0 Å². The lowest BCUT2D eigenvalue weighted by Gasteiger charge is -2.37. The minimum absolute atomic E-state index is 0.0168. The van der Waals surface area contributed by atoms with Gasteiger partial charge in [-0.1, -0.05) is 19.9 Å². The minimum atomic E-state index is -0.486. The molecule has 1 aliphatic rings. The van der Waals surface area contributed by atoms with Gasteiger partial charge in [0.25, 0.3) is 0 Å². The monoisotopic (exact) mass is 342 g/mol. The third kappa shape index (κ3) is 3.00. The van der Waals surface area contributed by atoms with Crippen molar-refractivity contribution in [3.63, 3.8) is 0 Å².